The first kappa shape index (κ1) is 22.7. The zero-order valence-electron chi connectivity index (χ0n) is 17.4. The number of aromatic nitrogens is 2. The van der Waals surface area contributed by atoms with Crippen LogP contribution in [0.15, 0.2) is 48.7 Å². The van der Waals surface area contributed by atoms with Crippen molar-refractivity contribution in [2.45, 2.75) is 6.18 Å². The fourth-order valence-electron chi connectivity index (χ4n) is 2.90. The maximum Gasteiger partial charge on any atom is 0.421 e. The molecule has 1 aromatic heterocycles. The lowest BCUT2D eigenvalue weighted by Gasteiger charge is -2.17. The third-order valence-corrected chi connectivity index (χ3v) is 4.40. The number of carbonyl (C=O) groups excluding carboxylic acids is 1. The van der Waals surface area contributed by atoms with Crippen molar-refractivity contribution < 1.29 is 27.4 Å². The zero-order chi connectivity index (χ0) is 23.3. The van der Waals surface area contributed by atoms with Gasteiger partial charge in [0.05, 0.1) is 31.2 Å². The van der Waals surface area contributed by atoms with E-state index in [-0.39, 0.29) is 17.2 Å². The Labute approximate surface area is 181 Å². The van der Waals surface area contributed by atoms with Crippen molar-refractivity contribution in [1.82, 2.24) is 15.3 Å². The van der Waals surface area contributed by atoms with Gasteiger partial charge in [-0.1, -0.05) is 18.2 Å². The molecule has 11 heteroatoms. The predicted molar refractivity (Wildman–Crippen MR) is 113 cm³/mol. The van der Waals surface area contributed by atoms with E-state index in [2.05, 4.69) is 25.9 Å². The number of halogens is 3. The third-order valence-electron chi connectivity index (χ3n) is 4.40. The summed E-state index contributed by atoms with van der Waals surface area (Å²) >= 11 is 0. The number of rotatable bonds is 7. The number of para-hydroxylation sites is 2. The average molecular weight is 447 g/mol. The van der Waals surface area contributed by atoms with Gasteiger partial charge in [-0.3, -0.25) is 4.79 Å². The van der Waals surface area contributed by atoms with E-state index in [0.29, 0.717) is 23.4 Å². The number of nitrogens with zero attached hydrogens (tertiary/aromatic N) is 2. The number of hydrogen-bond acceptors (Lipinski definition) is 7. The maximum atomic E-state index is 13.6. The van der Waals surface area contributed by atoms with E-state index in [1.807, 2.05) is 0 Å². The zero-order valence-corrected chi connectivity index (χ0v) is 17.4. The van der Waals surface area contributed by atoms with Crippen molar-refractivity contribution in [2.24, 2.45) is 0 Å². The minimum Gasteiger partial charge on any atom is -0.493 e. The van der Waals surface area contributed by atoms with Crippen molar-refractivity contribution in [2.75, 3.05) is 31.9 Å². The van der Waals surface area contributed by atoms with Gasteiger partial charge in [-0.15, -0.1) is 0 Å². The van der Waals surface area contributed by atoms with E-state index in [1.165, 1.54) is 33.4 Å². The van der Waals surface area contributed by atoms with Gasteiger partial charge >= 0.3 is 6.18 Å². The summed E-state index contributed by atoms with van der Waals surface area (Å²) in [6, 6.07) is 11.1. The summed E-state index contributed by atoms with van der Waals surface area (Å²) < 4.78 is 51.3. The average Bonchev–Trinajstić information content (AvgIpc) is 2.78. The Balaban J connectivity index is 2.04. The Hall–Kier alpha value is -4.02. The molecule has 0 fully saturated rings. The molecule has 0 aliphatic heterocycles. The monoisotopic (exact) mass is 447 g/mol. The molecule has 1 heterocycles. The summed E-state index contributed by atoms with van der Waals surface area (Å²) in [5.41, 5.74) is -0.387. The summed E-state index contributed by atoms with van der Waals surface area (Å²) in [5.74, 6) is -0.354. The van der Waals surface area contributed by atoms with Gasteiger partial charge in [0.1, 0.15) is 11.4 Å². The highest BCUT2D eigenvalue weighted by Crippen LogP contribution is 2.38. The highest BCUT2D eigenvalue weighted by molar-refractivity contribution is 6.00. The molecule has 0 radical (unpaired) electrons. The molecule has 32 heavy (non-hydrogen) atoms. The molecular weight excluding hydrogens is 427 g/mol. The van der Waals surface area contributed by atoms with E-state index in [1.54, 1.807) is 30.3 Å². The molecule has 0 spiro atoms. The van der Waals surface area contributed by atoms with Crippen molar-refractivity contribution >= 4 is 29.0 Å². The molecule has 0 bridgehead atoms. The number of benzene rings is 2. The van der Waals surface area contributed by atoms with Gasteiger partial charge in [-0.05, 0) is 24.3 Å². The third kappa shape index (κ3) is 4.82. The Morgan fingerprint density at radius 1 is 0.969 bits per heavy atom. The van der Waals surface area contributed by atoms with Crippen LogP contribution in [0.2, 0.25) is 0 Å². The van der Waals surface area contributed by atoms with Gasteiger partial charge in [0.25, 0.3) is 5.91 Å². The summed E-state index contributed by atoms with van der Waals surface area (Å²) in [6.45, 7) is 0. The fourth-order valence-corrected chi connectivity index (χ4v) is 2.90. The van der Waals surface area contributed by atoms with Crippen LogP contribution in [-0.4, -0.2) is 37.1 Å². The molecule has 0 unspecified atom stereocenters. The van der Waals surface area contributed by atoms with Crippen molar-refractivity contribution in [3.8, 4) is 11.5 Å². The van der Waals surface area contributed by atoms with Gasteiger partial charge in [0, 0.05) is 13.2 Å². The lowest BCUT2D eigenvalue weighted by Crippen LogP contribution is -2.20. The molecule has 1 amide bonds. The highest BCUT2D eigenvalue weighted by Gasteiger charge is 2.35. The van der Waals surface area contributed by atoms with Crippen LogP contribution >= 0.6 is 0 Å². The quantitative estimate of drug-likeness (QED) is 0.495. The first-order chi connectivity index (χ1) is 15.3. The van der Waals surface area contributed by atoms with E-state index in [0.717, 1.165) is 0 Å². The van der Waals surface area contributed by atoms with E-state index < -0.39 is 23.5 Å². The summed E-state index contributed by atoms with van der Waals surface area (Å²) in [7, 11) is 4.32. The summed E-state index contributed by atoms with van der Waals surface area (Å²) in [4.78, 5) is 19.9. The van der Waals surface area contributed by atoms with Gasteiger partial charge < -0.3 is 25.4 Å². The van der Waals surface area contributed by atoms with Gasteiger partial charge in [0.2, 0.25) is 5.95 Å². The minimum atomic E-state index is -4.73. The fraction of sp³-hybridized carbons (Fsp3) is 0.190. The summed E-state index contributed by atoms with van der Waals surface area (Å²) in [6.07, 6.45) is -4.07. The van der Waals surface area contributed by atoms with Gasteiger partial charge in [0.15, 0.2) is 11.5 Å². The number of nitrogens with one attached hydrogen (secondary N) is 3. The lowest BCUT2D eigenvalue weighted by molar-refractivity contribution is -0.137. The number of anilines is 4. The number of amides is 1. The summed E-state index contributed by atoms with van der Waals surface area (Å²) in [5, 5.41) is 7.90. The maximum absolute atomic E-state index is 13.6. The molecule has 3 N–H and O–H groups in total. The molecule has 8 nitrogen and oxygen atoms in total. The SMILES string of the molecule is CNC(=O)c1ccccc1Nc1nc(Nc2cccc(OC)c2OC)ncc1C(F)(F)F. The topological polar surface area (TPSA) is 97.4 Å². The molecule has 168 valence electrons. The van der Waals surface area contributed by atoms with Crippen LogP contribution in [0.25, 0.3) is 0 Å². The van der Waals surface area contributed by atoms with Crippen LogP contribution in [0.5, 0.6) is 11.5 Å². The lowest BCUT2D eigenvalue weighted by atomic mass is 10.1. The van der Waals surface area contributed by atoms with Crippen LogP contribution in [0.4, 0.5) is 36.3 Å². The molecular formula is C21H20F3N5O3. The molecule has 0 saturated heterocycles. The Morgan fingerprint density at radius 3 is 2.34 bits per heavy atom. The number of alkyl halides is 3. The first-order valence-corrected chi connectivity index (χ1v) is 9.28. The van der Waals surface area contributed by atoms with Crippen molar-refractivity contribution in [3.05, 3.63) is 59.8 Å². The smallest absolute Gasteiger partial charge is 0.421 e. The van der Waals surface area contributed by atoms with Crippen molar-refractivity contribution in [1.29, 1.82) is 0 Å². The second-order valence-electron chi connectivity index (χ2n) is 6.37. The van der Waals surface area contributed by atoms with Crippen LogP contribution < -0.4 is 25.4 Å². The Kier molecular flexibility index (Phi) is 6.67. The molecule has 0 saturated carbocycles. The van der Waals surface area contributed by atoms with E-state index >= 15 is 0 Å². The molecule has 0 aliphatic rings. The molecule has 0 aliphatic carbocycles. The molecule has 0 atom stereocenters. The first-order valence-electron chi connectivity index (χ1n) is 9.28. The Bertz CT molecular complexity index is 1120. The van der Waals surface area contributed by atoms with Crippen LogP contribution in [0, 0.1) is 0 Å². The molecule has 2 aromatic carbocycles. The largest absolute Gasteiger partial charge is 0.493 e. The number of carbonyl (C=O) groups is 1. The van der Waals surface area contributed by atoms with Crippen LogP contribution in [0.3, 0.4) is 0 Å². The predicted octanol–water partition coefficient (Wildman–Crippen LogP) is 4.36. The van der Waals surface area contributed by atoms with Crippen LogP contribution in [-0.2, 0) is 6.18 Å². The second kappa shape index (κ2) is 9.41. The molecule has 3 rings (SSSR count). The van der Waals surface area contributed by atoms with E-state index in [9.17, 15) is 18.0 Å². The van der Waals surface area contributed by atoms with Gasteiger partial charge in [-0.2, -0.15) is 18.2 Å². The van der Waals surface area contributed by atoms with E-state index in [4.69, 9.17) is 9.47 Å². The number of ether oxygens (including phenoxy) is 2. The number of hydrogen-bond donors (Lipinski definition) is 3. The Morgan fingerprint density at radius 2 is 1.69 bits per heavy atom. The van der Waals surface area contributed by atoms with Gasteiger partial charge in [-0.25, -0.2) is 4.98 Å². The molecule has 3 aromatic rings. The second-order valence-corrected chi connectivity index (χ2v) is 6.37. The number of methoxy groups -OCH3 is 2. The normalized spacial score (nSPS) is 10.9. The minimum absolute atomic E-state index is 0.121. The standard InChI is InChI=1S/C21H20F3N5O3/c1-25-19(30)12-7-4-5-8-14(12)27-18-13(21(22,23)24)11-26-20(29-18)28-15-9-6-10-16(31-2)17(15)32-3/h4-11H,1-3H3,(H,25,30)(H2,26,27,28,29). The van der Waals surface area contributed by atoms with Crippen LogP contribution in [0.1, 0.15) is 15.9 Å². The van der Waals surface area contributed by atoms with Crippen molar-refractivity contribution in [3.63, 3.8) is 0 Å². The highest BCUT2D eigenvalue weighted by atomic mass is 19.4.